The summed E-state index contributed by atoms with van der Waals surface area (Å²) in [6, 6.07) is 0. The first-order chi connectivity index (χ1) is 13.7. The summed E-state index contributed by atoms with van der Waals surface area (Å²) in [5.41, 5.74) is 1.35. The third-order valence-corrected chi connectivity index (χ3v) is 6.05. The van der Waals surface area contributed by atoms with Gasteiger partial charge in [0.15, 0.2) is 5.96 Å². The highest BCUT2D eigenvalue weighted by Crippen LogP contribution is 2.20. The molecule has 0 amide bonds. The number of piperidine rings is 1. The normalized spacial score (nSPS) is 20.7. The number of aliphatic imine (C=N–C) groups is 1. The molecule has 29 heavy (non-hydrogen) atoms. The predicted molar refractivity (Wildman–Crippen MR) is 132 cm³/mol. The molecule has 0 radical (unpaired) electrons. The highest BCUT2D eigenvalue weighted by Gasteiger charge is 2.25. The van der Waals surface area contributed by atoms with Gasteiger partial charge in [-0.05, 0) is 76.6 Å². The van der Waals surface area contributed by atoms with E-state index in [-0.39, 0.29) is 24.0 Å². The van der Waals surface area contributed by atoms with Gasteiger partial charge in [0.25, 0.3) is 0 Å². The predicted octanol–water partition coefficient (Wildman–Crippen LogP) is 3.52. The van der Waals surface area contributed by atoms with Gasteiger partial charge in [0.2, 0.25) is 0 Å². The van der Waals surface area contributed by atoms with Crippen molar-refractivity contribution in [1.82, 2.24) is 24.9 Å². The number of hydrogen-bond donors (Lipinski definition) is 1. The van der Waals surface area contributed by atoms with Crippen molar-refractivity contribution in [3.05, 3.63) is 18.0 Å². The van der Waals surface area contributed by atoms with Crippen LogP contribution in [0.5, 0.6) is 0 Å². The van der Waals surface area contributed by atoms with E-state index in [1.54, 1.807) is 0 Å². The van der Waals surface area contributed by atoms with Crippen LogP contribution in [0.3, 0.4) is 0 Å². The standard InChI is InChI=1S/C22H40N6.HI/c1-3-23-22(24-11-6-4-7-12-27-13-8-5-9-14-27)28-15-10-20(19-28)16-21-17-25-26(2)18-21;/h17-18,20H,3-16,19H2,1-2H3,(H,23,24);1H. The van der Waals surface area contributed by atoms with Gasteiger partial charge >= 0.3 is 0 Å². The van der Waals surface area contributed by atoms with Gasteiger partial charge in [0.05, 0.1) is 6.20 Å². The molecular formula is C22H41IN6. The Labute approximate surface area is 194 Å². The van der Waals surface area contributed by atoms with Crippen LogP contribution >= 0.6 is 24.0 Å². The van der Waals surface area contributed by atoms with E-state index in [0.717, 1.165) is 38.6 Å². The van der Waals surface area contributed by atoms with Crippen LogP contribution in [0.25, 0.3) is 0 Å². The van der Waals surface area contributed by atoms with E-state index in [1.807, 2.05) is 17.9 Å². The summed E-state index contributed by atoms with van der Waals surface area (Å²) >= 11 is 0. The van der Waals surface area contributed by atoms with Crippen molar-refractivity contribution in [2.45, 2.75) is 58.3 Å². The fourth-order valence-corrected chi connectivity index (χ4v) is 4.52. The zero-order chi connectivity index (χ0) is 19.6. The van der Waals surface area contributed by atoms with Crippen molar-refractivity contribution < 1.29 is 0 Å². The van der Waals surface area contributed by atoms with Crippen LogP contribution in [0.2, 0.25) is 0 Å². The molecule has 3 rings (SSSR count). The SMILES string of the molecule is CCNC(=NCCCCCN1CCCCC1)N1CCC(Cc2cnn(C)c2)C1.I. The zero-order valence-electron chi connectivity index (χ0n) is 18.5. The lowest BCUT2D eigenvalue weighted by molar-refractivity contribution is 0.224. The molecule has 0 saturated carbocycles. The molecule has 0 aromatic carbocycles. The number of unbranched alkanes of at least 4 members (excludes halogenated alkanes) is 2. The van der Waals surface area contributed by atoms with Crippen molar-refractivity contribution >= 4 is 29.9 Å². The fraction of sp³-hybridized carbons (Fsp3) is 0.818. The Balaban J connectivity index is 0.00000300. The van der Waals surface area contributed by atoms with Gasteiger partial charge in [0, 0.05) is 39.4 Å². The van der Waals surface area contributed by atoms with E-state index in [2.05, 4.69) is 33.3 Å². The fourth-order valence-electron chi connectivity index (χ4n) is 4.52. The van der Waals surface area contributed by atoms with E-state index in [1.165, 1.54) is 70.1 Å². The third kappa shape index (κ3) is 8.44. The summed E-state index contributed by atoms with van der Waals surface area (Å²) in [6.45, 7) is 10.2. The molecule has 2 aliphatic rings. The molecule has 3 heterocycles. The molecule has 1 aromatic heterocycles. The van der Waals surface area contributed by atoms with Crippen LogP contribution in [0.4, 0.5) is 0 Å². The maximum atomic E-state index is 4.93. The molecule has 2 aliphatic heterocycles. The van der Waals surface area contributed by atoms with Gasteiger partial charge < -0.3 is 15.1 Å². The lowest BCUT2D eigenvalue weighted by Gasteiger charge is -2.26. The van der Waals surface area contributed by atoms with Gasteiger partial charge in [-0.15, -0.1) is 24.0 Å². The minimum Gasteiger partial charge on any atom is -0.357 e. The number of aryl methyl sites for hydroxylation is 1. The lowest BCUT2D eigenvalue weighted by atomic mass is 10.0. The van der Waals surface area contributed by atoms with E-state index in [9.17, 15) is 0 Å². The number of likely N-dealkylation sites (tertiary alicyclic amines) is 2. The molecule has 166 valence electrons. The maximum absolute atomic E-state index is 4.93. The van der Waals surface area contributed by atoms with Gasteiger partial charge in [-0.1, -0.05) is 12.8 Å². The number of aromatic nitrogens is 2. The molecule has 1 atom stereocenters. The van der Waals surface area contributed by atoms with E-state index < -0.39 is 0 Å². The number of rotatable bonds is 9. The maximum Gasteiger partial charge on any atom is 0.193 e. The Morgan fingerprint density at radius 1 is 1.17 bits per heavy atom. The monoisotopic (exact) mass is 516 g/mol. The summed E-state index contributed by atoms with van der Waals surface area (Å²) in [4.78, 5) is 10.0. The Kier molecular flexibility index (Phi) is 11.4. The van der Waals surface area contributed by atoms with Crippen molar-refractivity contribution in [3.63, 3.8) is 0 Å². The topological polar surface area (TPSA) is 48.7 Å². The first-order valence-corrected chi connectivity index (χ1v) is 11.5. The van der Waals surface area contributed by atoms with Crippen LogP contribution in [0.1, 0.15) is 57.4 Å². The molecule has 2 fully saturated rings. The van der Waals surface area contributed by atoms with Gasteiger partial charge in [-0.25, -0.2) is 0 Å². The molecule has 7 heteroatoms. The first kappa shape index (κ1) is 24.4. The van der Waals surface area contributed by atoms with Crippen LogP contribution < -0.4 is 5.32 Å². The summed E-state index contributed by atoms with van der Waals surface area (Å²) < 4.78 is 1.90. The molecular weight excluding hydrogens is 475 g/mol. The molecule has 1 aromatic rings. The molecule has 1 unspecified atom stereocenters. The Hall–Kier alpha value is -0.830. The smallest absolute Gasteiger partial charge is 0.193 e. The van der Waals surface area contributed by atoms with Gasteiger partial charge in [0.1, 0.15) is 0 Å². The summed E-state index contributed by atoms with van der Waals surface area (Å²) in [6.07, 6.45) is 14.6. The number of guanidine groups is 1. The zero-order valence-corrected chi connectivity index (χ0v) is 20.8. The Morgan fingerprint density at radius 2 is 2.00 bits per heavy atom. The molecule has 6 nitrogen and oxygen atoms in total. The quantitative estimate of drug-likeness (QED) is 0.236. The van der Waals surface area contributed by atoms with Crippen molar-refractivity contribution in [3.8, 4) is 0 Å². The largest absolute Gasteiger partial charge is 0.357 e. The molecule has 2 saturated heterocycles. The first-order valence-electron chi connectivity index (χ1n) is 11.5. The van der Waals surface area contributed by atoms with Gasteiger partial charge in [-0.3, -0.25) is 9.67 Å². The Morgan fingerprint density at radius 3 is 2.72 bits per heavy atom. The lowest BCUT2D eigenvalue weighted by Crippen LogP contribution is -2.40. The highest BCUT2D eigenvalue weighted by atomic mass is 127. The van der Waals surface area contributed by atoms with E-state index >= 15 is 0 Å². The van der Waals surface area contributed by atoms with Crippen molar-refractivity contribution in [2.24, 2.45) is 18.0 Å². The number of halogens is 1. The summed E-state index contributed by atoms with van der Waals surface area (Å²) in [7, 11) is 1.99. The van der Waals surface area contributed by atoms with E-state index in [0.29, 0.717) is 5.92 Å². The minimum absolute atomic E-state index is 0. The molecule has 0 bridgehead atoms. The van der Waals surface area contributed by atoms with Gasteiger partial charge in [-0.2, -0.15) is 5.10 Å². The van der Waals surface area contributed by atoms with E-state index in [4.69, 9.17) is 4.99 Å². The molecule has 1 N–H and O–H groups in total. The summed E-state index contributed by atoms with van der Waals surface area (Å²) in [5, 5.41) is 7.81. The van der Waals surface area contributed by atoms with Crippen molar-refractivity contribution in [1.29, 1.82) is 0 Å². The minimum atomic E-state index is 0. The van der Waals surface area contributed by atoms with Crippen molar-refractivity contribution in [2.75, 3.05) is 45.8 Å². The third-order valence-electron chi connectivity index (χ3n) is 6.05. The Bertz CT molecular complexity index is 596. The highest BCUT2D eigenvalue weighted by molar-refractivity contribution is 14.0. The second kappa shape index (κ2) is 13.5. The summed E-state index contributed by atoms with van der Waals surface area (Å²) in [5.74, 6) is 1.82. The van der Waals surface area contributed by atoms with Crippen LogP contribution in [-0.2, 0) is 13.5 Å². The second-order valence-corrected chi connectivity index (χ2v) is 8.53. The number of nitrogens with zero attached hydrogens (tertiary/aromatic N) is 5. The second-order valence-electron chi connectivity index (χ2n) is 8.53. The number of hydrogen-bond acceptors (Lipinski definition) is 3. The average Bonchev–Trinajstić information content (AvgIpc) is 3.33. The molecule has 0 spiro atoms. The number of nitrogens with one attached hydrogen (secondary N) is 1. The van der Waals surface area contributed by atoms with Crippen LogP contribution in [0, 0.1) is 5.92 Å². The average molecular weight is 517 g/mol. The van der Waals surface area contributed by atoms with Crippen LogP contribution in [0.15, 0.2) is 17.4 Å². The van der Waals surface area contributed by atoms with Crippen LogP contribution in [-0.4, -0.2) is 71.4 Å². The molecule has 0 aliphatic carbocycles.